The Morgan fingerprint density at radius 3 is 2.23 bits per heavy atom. The van der Waals surface area contributed by atoms with Gasteiger partial charge >= 0.3 is 6.09 Å². The average molecular weight is 415 g/mol. The molecule has 3 aromatic carbocycles. The first-order chi connectivity index (χ1) is 15.1. The lowest BCUT2D eigenvalue weighted by molar-refractivity contribution is -0.117. The van der Waals surface area contributed by atoms with Crippen LogP contribution in [-0.2, 0) is 16.1 Å². The van der Waals surface area contributed by atoms with E-state index in [9.17, 15) is 9.59 Å². The maximum absolute atomic E-state index is 13.0. The van der Waals surface area contributed by atoms with Crippen LogP contribution in [0.2, 0.25) is 0 Å². The van der Waals surface area contributed by atoms with Gasteiger partial charge in [-0.25, -0.2) is 4.79 Å². The molecule has 0 N–H and O–H groups in total. The van der Waals surface area contributed by atoms with Gasteiger partial charge in [0.05, 0.1) is 11.7 Å². The molecule has 5 nitrogen and oxygen atoms in total. The fourth-order valence-electron chi connectivity index (χ4n) is 4.26. The van der Waals surface area contributed by atoms with Crippen LogP contribution in [0.5, 0.6) is 0 Å². The Labute approximate surface area is 182 Å². The lowest BCUT2D eigenvalue weighted by Gasteiger charge is -2.42. The van der Waals surface area contributed by atoms with Crippen LogP contribution >= 0.6 is 0 Å². The highest BCUT2D eigenvalue weighted by molar-refractivity contribution is 5.95. The Bertz CT molecular complexity index is 1050. The van der Waals surface area contributed by atoms with Crippen molar-refractivity contribution in [3.8, 4) is 0 Å². The summed E-state index contributed by atoms with van der Waals surface area (Å²) in [4.78, 5) is 29.2. The van der Waals surface area contributed by atoms with Crippen LogP contribution in [0.4, 0.5) is 16.2 Å². The minimum absolute atomic E-state index is 0.0293. The van der Waals surface area contributed by atoms with Gasteiger partial charge in [0.15, 0.2) is 0 Å². The van der Waals surface area contributed by atoms with E-state index >= 15 is 0 Å². The third-order valence-corrected chi connectivity index (χ3v) is 5.65. The number of carbonyl (C=O) groups excluding carboxylic acids is 2. The van der Waals surface area contributed by atoms with Crippen molar-refractivity contribution in [2.75, 3.05) is 9.80 Å². The second-order valence-corrected chi connectivity index (χ2v) is 7.79. The minimum atomic E-state index is -0.378. The number of ether oxygens (including phenoxy) is 1. The second kappa shape index (κ2) is 9.04. The van der Waals surface area contributed by atoms with E-state index in [2.05, 4.69) is 0 Å². The van der Waals surface area contributed by atoms with E-state index in [0.717, 1.165) is 22.5 Å². The van der Waals surface area contributed by atoms with E-state index in [4.69, 9.17) is 4.74 Å². The monoisotopic (exact) mass is 414 g/mol. The molecule has 5 heteroatoms. The lowest BCUT2D eigenvalue weighted by atomic mass is 9.90. The number of benzene rings is 3. The molecule has 1 heterocycles. The van der Waals surface area contributed by atoms with Gasteiger partial charge in [-0.3, -0.25) is 9.69 Å². The fourth-order valence-corrected chi connectivity index (χ4v) is 4.26. The fraction of sp³-hybridized carbons (Fsp3) is 0.231. The Morgan fingerprint density at radius 2 is 1.55 bits per heavy atom. The van der Waals surface area contributed by atoms with E-state index in [-0.39, 0.29) is 30.7 Å². The van der Waals surface area contributed by atoms with Crippen molar-refractivity contribution in [3.05, 3.63) is 96.1 Å². The predicted octanol–water partition coefficient (Wildman–Crippen LogP) is 5.72. The topological polar surface area (TPSA) is 49.9 Å². The number of rotatable bonds is 4. The zero-order chi connectivity index (χ0) is 21.8. The summed E-state index contributed by atoms with van der Waals surface area (Å²) in [5.41, 5.74) is 3.52. The standard InChI is InChI=1S/C26H26N2O3/c1-19-17-25(28(20(2)29)22-13-7-4-8-14-22)23-15-9-10-16-24(23)27(19)26(30)31-18-21-11-5-3-6-12-21/h3-16,19,25H,17-18H2,1-2H3/t19-,25+/m1/s1. The Balaban J connectivity index is 1.64. The van der Waals surface area contributed by atoms with Crippen LogP contribution < -0.4 is 9.80 Å². The first kappa shape index (κ1) is 20.7. The molecule has 2 amide bonds. The van der Waals surface area contributed by atoms with Gasteiger partial charge in [-0.15, -0.1) is 0 Å². The molecule has 0 saturated heterocycles. The van der Waals surface area contributed by atoms with Crippen LogP contribution in [0.15, 0.2) is 84.9 Å². The molecule has 0 unspecified atom stereocenters. The molecule has 0 aliphatic carbocycles. The minimum Gasteiger partial charge on any atom is -0.444 e. The predicted molar refractivity (Wildman–Crippen MR) is 122 cm³/mol. The molecule has 3 aromatic rings. The summed E-state index contributed by atoms with van der Waals surface area (Å²) in [5, 5.41) is 0. The molecular formula is C26H26N2O3. The van der Waals surface area contributed by atoms with Crippen molar-refractivity contribution < 1.29 is 14.3 Å². The Hall–Kier alpha value is -3.60. The van der Waals surface area contributed by atoms with Crippen molar-refractivity contribution in [3.63, 3.8) is 0 Å². The molecule has 0 fully saturated rings. The largest absolute Gasteiger partial charge is 0.444 e. The molecule has 0 radical (unpaired) electrons. The first-order valence-corrected chi connectivity index (χ1v) is 10.5. The summed E-state index contributed by atoms with van der Waals surface area (Å²) in [7, 11) is 0. The third kappa shape index (κ3) is 4.31. The van der Waals surface area contributed by atoms with E-state index in [1.807, 2.05) is 96.8 Å². The van der Waals surface area contributed by atoms with Crippen molar-refractivity contribution in [1.29, 1.82) is 0 Å². The van der Waals surface area contributed by atoms with Crippen LogP contribution in [0.1, 0.15) is 37.4 Å². The molecule has 0 saturated carbocycles. The van der Waals surface area contributed by atoms with Gasteiger partial charge in [0, 0.05) is 18.7 Å². The van der Waals surface area contributed by atoms with Gasteiger partial charge in [0.1, 0.15) is 6.61 Å². The average Bonchev–Trinajstić information content (AvgIpc) is 2.79. The molecule has 2 atom stereocenters. The molecule has 0 spiro atoms. The third-order valence-electron chi connectivity index (χ3n) is 5.65. The Morgan fingerprint density at radius 1 is 0.935 bits per heavy atom. The molecule has 158 valence electrons. The van der Waals surface area contributed by atoms with E-state index in [0.29, 0.717) is 6.42 Å². The van der Waals surface area contributed by atoms with E-state index in [1.54, 1.807) is 11.8 Å². The number of para-hydroxylation sites is 2. The number of amides is 2. The van der Waals surface area contributed by atoms with Crippen LogP contribution in [-0.4, -0.2) is 18.0 Å². The quantitative estimate of drug-likeness (QED) is 0.549. The SMILES string of the molecule is CC(=O)N(c1ccccc1)[C@H]1C[C@@H](C)N(C(=O)OCc2ccccc2)c2ccccc21. The highest BCUT2D eigenvalue weighted by Gasteiger charge is 2.38. The van der Waals surface area contributed by atoms with Crippen molar-refractivity contribution in [1.82, 2.24) is 0 Å². The number of fused-ring (bicyclic) bond motifs is 1. The van der Waals surface area contributed by atoms with Gasteiger partial charge in [-0.2, -0.15) is 0 Å². The van der Waals surface area contributed by atoms with Gasteiger partial charge < -0.3 is 9.64 Å². The summed E-state index contributed by atoms with van der Waals surface area (Å²) in [6.07, 6.45) is 0.239. The molecule has 4 rings (SSSR count). The maximum Gasteiger partial charge on any atom is 0.414 e. The molecule has 1 aliphatic heterocycles. The highest BCUT2D eigenvalue weighted by Crippen LogP contribution is 2.42. The first-order valence-electron chi connectivity index (χ1n) is 10.5. The Kier molecular flexibility index (Phi) is 6.03. The maximum atomic E-state index is 13.0. The van der Waals surface area contributed by atoms with Crippen LogP contribution in [0.3, 0.4) is 0 Å². The van der Waals surface area contributed by atoms with Crippen LogP contribution in [0.25, 0.3) is 0 Å². The van der Waals surface area contributed by atoms with Gasteiger partial charge in [-0.1, -0.05) is 66.7 Å². The summed E-state index contributed by atoms with van der Waals surface area (Å²) in [6, 6.07) is 26.8. The zero-order valence-corrected chi connectivity index (χ0v) is 17.8. The van der Waals surface area contributed by atoms with Gasteiger partial charge in [0.25, 0.3) is 0 Å². The molecule has 0 bridgehead atoms. The molecule has 0 aromatic heterocycles. The lowest BCUT2D eigenvalue weighted by Crippen LogP contribution is -2.47. The number of hydrogen-bond acceptors (Lipinski definition) is 3. The van der Waals surface area contributed by atoms with Crippen molar-refractivity contribution in [2.24, 2.45) is 0 Å². The highest BCUT2D eigenvalue weighted by atomic mass is 16.6. The molecular weight excluding hydrogens is 388 g/mol. The summed E-state index contributed by atoms with van der Waals surface area (Å²) >= 11 is 0. The smallest absolute Gasteiger partial charge is 0.414 e. The molecule has 31 heavy (non-hydrogen) atoms. The zero-order valence-electron chi connectivity index (χ0n) is 17.8. The van der Waals surface area contributed by atoms with Crippen LogP contribution in [0, 0.1) is 0 Å². The normalized spacial score (nSPS) is 17.5. The van der Waals surface area contributed by atoms with Gasteiger partial charge in [0.2, 0.25) is 5.91 Å². The van der Waals surface area contributed by atoms with Crippen molar-refractivity contribution in [2.45, 2.75) is 39.0 Å². The second-order valence-electron chi connectivity index (χ2n) is 7.79. The van der Waals surface area contributed by atoms with Gasteiger partial charge in [-0.05, 0) is 42.7 Å². The van der Waals surface area contributed by atoms with E-state index < -0.39 is 0 Å². The summed E-state index contributed by atoms with van der Waals surface area (Å²) in [5.74, 6) is -0.0293. The summed E-state index contributed by atoms with van der Waals surface area (Å²) < 4.78 is 5.63. The number of carbonyl (C=O) groups is 2. The number of hydrogen-bond donors (Lipinski definition) is 0. The number of anilines is 2. The van der Waals surface area contributed by atoms with E-state index in [1.165, 1.54) is 0 Å². The summed E-state index contributed by atoms with van der Waals surface area (Å²) in [6.45, 7) is 3.80. The molecule has 1 aliphatic rings. The van der Waals surface area contributed by atoms with Crippen molar-refractivity contribution >= 4 is 23.4 Å². The number of nitrogens with zero attached hydrogens (tertiary/aromatic N) is 2.